The highest BCUT2D eigenvalue weighted by Gasteiger charge is 2.40. The molecule has 2 aliphatic rings. The summed E-state index contributed by atoms with van der Waals surface area (Å²) in [6.45, 7) is 1.03. The summed E-state index contributed by atoms with van der Waals surface area (Å²) in [4.78, 5) is 2.19. The van der Waals surface area contributed by atoms with Gasteiger partial charge >= 0.3 is 0 Å². The van der Waals surface area contributed by atoms with E-state index in [-0.39, 0.29) is 11.2 Å². The zero-order valence-electron chi connectivity index (χ0n) is 11.9. The lowest BCUT2D eigenvalue weighted by Gasteiger charge is -2.22. The summed E-state index contributed by atoms with van der Waals surface area (Å²) in [6, 6.07) is 5.39. The maximum Gasteiger partial charge on any atom is 0.123 e. The molecule has 2 aliphatic carbocycles. The first-order valence-corrected chi connectivity index (χ1v) is 7.28. The Morgan fingerprint density at radius 1 is 1.21 bits per heavy atom. The molecule has 3 rings (SSSR count). The number of rotatable bonds is 3. The number of hydrogen-bond acceptors (Lipinski definition) is 1. The smallest absolute Gasteiger partial charge is 0.123 e. The Hall–Kier alpha value is -1.15. The Morgan fingerprint density at radius 3 is 2.63 bits per heavy atom. The van der Waals surface area contributed by atoms with Crippen molar-refractivity contribution in [2.24, 2.45) is 0 Å². The Kier molecular flexibility index (Phi) is 3.22. The molecule has 0 radical (unpaired) electrons. The lowest BCUT2D eigenvalue weighted by Crippen LogP contribution is -2.16. The fourth-order valence-electron chi connectivity index (χ4n) is 3.68. The number of benzene rings is 1. The van der Waals surface area contributed by atoms with Gasteiger partial charge in [-0.25, -0.2) is 4.39 Å². The van der Waals surface area contributed by atoms with Crippen molar-refractivity contribution in [2.45, 2.75) is 37.5 Å². The summed E-state index contributed by atoms with van der Waals surface area (Å²) in [7, 11) is 4.18. The predicted octanol–water partition coefficient (Wildman–Crippen LogP) is 3.99. The number of nitrogens with zero attached hydrogens (tertiary/aromatic N) is 1. The summed E-state index contributed by atoms with van der Waals surface area (Å²) in [5, 5.41) is 0. The standard InChI is InChI=1S/C17H22FN/c1-19(2)10-7-13-12-17(8-3-4-9-17)16-6-5-14(18)11-15(13)16/h5-6,11-12H,3-4,7-10H2,1-2H3. The Bertz CT molecular complexity index is 510. The highest BCUT2D eigenvalue weighted by molar-refractivity contribution is 5.77. The normalized spacial score (nSPS) is 20.1. The number of halogens is 1. The van der Waals surface area contributed by atoms with Crippen molar-refractivity contribution in [3.05, 3.63) is 41.2 Å². The van der Waals surface area contributed by atoms with E-state index in [1.807, 2.05) is 6.07 Å². The van der Waals surface area contributed by atoms with E-state index >= 15 is 0 Å². The summed E-state index contributed by atoms with van der Waals surface area (Å²) in [5.74, 6) is -0.107. The summed E-state index contributed by atoms with van der Waals surface area (Å²) in [5.41, 5.74) is 4.12. The molecule has 0 N–H and O–H groups in total. The topological polar surface area (TPSA) is 3.24 Å². The van der Waals surface area contributed by atoms with Crippen LogP contribution in [0.15, 0.2) is 24.3 Å². The molecular weight excluding hydrogens is 237 g/mol. The minimum atomic E-state index is -0.107. The van der Waals surface area contributed by atoms with Crippen LogP contribution >= 0.6 is 0 Å². The molecular formula is C17H22FN. The summed E-state index contributed by atoms with van der Waals surface area (Å²) in [6.07, 6.45) is 8.54. The van der Waals surface area contributed by atoms with E-state index in [4.69, 9.17) is 0 Å². The van der Waals surface area contributed by atoms with Crippen LogP contribution in [0.5, 0.6) is 0 Å². The van der Waals surface area contributed by atoms with Gasteiger partial charge in [0.1, 0.15) is 5.82 Å². The second-order valence-electron chi connectivity index (χ2n) is 6.28. The molecule has 1 fully saturated rings. The van der Waals surface area contributed by atoms with Gasteiger partial charge in [-0.05, 0) is 62.2 Å². The molecule has 0 aromatic heterocycles. The van der Waals surface area contributed by atoms with Gasteiger partial charge in [-0.2, -0.15) is 0 Å². The summed E-state index contributed by atoms with van der Waals surface area (Å²) >= 11 is 0. The first-order valence-electron chi connectivity index (χ1n) is 7.28. The van der Waals surface area contributed by atoms with Gasteiger partial charge in [0.2, 0.25) is 0 Å². The van der Waals surface area contributed by atoms with Crippen molar-refractivity contribution in [1.29, 1.82) is 0 Å². The molecule has 1 nitrogen and oxygen atoms in total. The molecule has 0 saturated heterocycles. The Labute approximate surface area is 115 Å². The fraction of sp³-hybridized carbons (Fsp3) is 0.529. The van der Waals surface area contributed by atoms with Gasteiger partial charge < -0.3 is 4.90 Å². The molecule has 0 bridgehead atoms. The molecule has 1 aromatic carbocycles. The molecule has 0 atom stereocenters. The van der Waals surface area contributed by atoms with E-state index in [1.54, 1.807) is 12.1 Å². The minimum Gasteiger partial charge on any atom is -0.309 e. The van der Waals surface area contributed by atoms with Gasteiger partial charge in [-0.3, -0.25) is 0 Å². The maximum atomic E-state index is 13.6. The third-order valence-electron chi connectivity index (χ3n) is 4.64. The first kappa shape index (κ1) is 12.9. The van der Waals surface area contributed by atoms with Gasteiger partial charge in [0.05, 0.1) is 0 Å². The van der Waals surface area contributed by atoms with Crippen molar-refractivity contribution in [2.75, 3.05) is 20.6 Å². The molecule has 0 heterocycles. The van der Waals surface area contributed by atoms with Crippen LogP contribution in [0.25, 0.3) is 5.57 Å². The molecule has 0 amide bonds. The monoisotopic (exact) mass is 259 g/mol. The van der Waals surface area contributed by atoms with Crippen molar-refractivity contribution in [3.63, 3.8) is 0 Å². The highest BCUT2D eigenvalue weighted by atomic mass is 19.1. The maximum absolute atomic E-state index is 13.6. The van der Waals surface area contributed by atoms with Crippen molar-refractivity contribution < 1.29 is 4.39 Å². The molecule has 2 heteroatoms. The second kappa shape index (κ2) is 4.75. The van der Waals surface area contributed by atoms with E-state index in [9.17, 15) is 4.39 Å². The third kappa shape index (κ3) is 2.23. The Balaban J connectivity index is 1.98. The largest absolute Gasteiger partial charge is 0.309 e. The zero-order chi connectivity index (χ0) is 13.5. The SMILES string of the molecule is CN(C)CCC1=CC2(CCCC2)c2ccc(F)cc21. The van der Waals surface area contributed by atoms with E-state index in [0.717, 1.165) is 13.0 Å². The average molecular weight is 259 g/mol. The van der Waals surface area contributed by atoms with E-state index < -0.39 is 0 Å². The van der Waals surface area contributed by atoms with Gasteiger partial charge in [0.15, 0.2) is 0 Å². The highest BCUT2D eigenvalue weighted by Crippen LogP contribution is 2.51. The van der Waals surface area contributed by atoms with Crippen LogP contribution in [0.4, 0.5) is 4.39 Å². The van der Waals surface area contributed by atoms with Gasteiger partial charge in [0, 0.05) is 12.0 Å². The van der Waals surface area contributed by atoms with Crippen molar-refractivity contribution in [1.82, 2.24) is 4.90 Å². The van der Waals surface area contributed by atoms with Crippen LogP contribution < -0.4 is 0 Å². The Morgan fingerprint density at radius 2 is 1.95 bits per heavy atom. The second-order valence-corrected chi connectivity index (χ2v) is 6.28. The van der Waals surface area contributed by atoms with Crippen LogP contribution in [0, 0.1) is 5.82 Å². The molecule has 19 heavy (non-hydrogen) atoms. The van der Waals surface area contributed by atoms with Crippen LogP contribution in [0.1, 0.15) is 43.2 Å². The van der Waals surface area contributed by atoms with Crippen LogP contribution in [0.3, 0.4) is 0 Å². The molecule has 1 aromatic rings. The lowest BCUT2D eigenvalue weighted by molar-refractivity contribution is 0.419. The van der Waals surface area contributed by atoms with E-state index in [2.05, 4.69) is 25.1 Å². The van der Waals surface area contributed by atoms with Crippen LogP contribution in [-0.4, -0.2) is 25.5 Å². The van der Waals surface area contributed by atoms with Crippen molar-refractivity contribution >= 4 is 5.57 Å². The molecule has 1 spiro atoms. The third-order valence-corrected chi connectivity index (χ3v) is 4.64. The van der Waals surface area contributed by atoms with E-state index in [0.29, 0.717) is 0 Å². The molecule has 102 valence electrons. The molecule has 0 aliphatic heterocycles. The number of hydrogen-bond donors (Lipinski definition) is 0. The summed E-state index contributed by atoms with van der Waals surface area (Å²) < 4.78 is 13.6. The zero-order valence-corrected chi connectivity index (χ0v) is 11.9. The molecule has 1 saturated carbocycles. The minimum absolute atomic E-state index is 0.107. The quantitative estimate of drug-likeness (QED) is 0.793. The number of fused-ring (bicyclic) bond motifs is 2. The van der Waals surface area contributed by atoms with Gasteiger partial charge in [-0.15, -0.1) is 0 Å². The van der Waals surface area contributed by atoms with Crippen molar-refractivity contribution in [3.8, 4) is 0 Å². The average Bonchev–Trinajstić information content (AvgIpc) is 2.94. The van der Waals surface area contributed by atoms with Gasteiger partial charge in [-0.1, -0.05) is 25.0 Å². The van der Waals surface area contributed by atoms with E-state index in [1.165, 1.54) is 42.4 Å². The van der Waals surface area contributed by atoms with Gasteiger partial charge in [0.25, 0.3) is 0 Å². The van der Waals surface area contributed by atoms with Crippen LogP contribution in [-0.2, 0) is 5.41 Å². The predicted molar refractivity (Wildman–Crippen MR) is 77.7 cm³/mol. The lowest BCUT2D eigenvalue weighted by atomic mass is 9.81. The number of allylic oxidation sites excluding steroid dienone is 1. The molecule has 0 unspecified atom stereocenters. The van der Waals surface area contributed by atoms with Crippen LogP contribution in [0.2, 0.25) is 0 Å². The fourth-order valence-corrected chi connectivity index (χ4v) is 3.68. The first-order chi connectivity index (χ1) is 9.11.